The molecule has 0 bridgehead atoms. The third kappa shape index (κ3) is 2.80. The maximum Gasteiger partial charge on any atom is 0.125 e. The lowest BCUT2D eigenvalue weighted by atomic mass is 9.81. The van der Waals surface area contributed by atoms with Gasteiger partial charge in [-0.3, -0.25) is 0 Å². The van der Waals surface area contributed by atoms with Crippen molar-refractivity contribution in [2.75, 3.05) is 0 Å². The SMILES string of the molecule is C=C(C)C1CCC(C)=C1CC(C)(C)C=O. The first kappa shape index (κ1) is 12.2. The smallest absolute Gasteiger partial charge is 0.125 e. The molecule has 1 unspecified atom stereocenters. The second-order valence-corrected chi connectivity index (χ2v) is 5.53. The molecule has 1 aliphatic carbocycles. The van der Waals surface area contributed by atoms with E-state index in [-0.39, 0.29) is 5.41 Å². The average molecular weight is 206 g/mol. The first-order chi connectivity index (χ1) is 6.87. The van der Waals surface area contributed by atoms with Crippen LogP contribution in [0.5, 0.6) is 0 Å². The van der Waals surface area contributed by atoms with E-state index in [0.29, 0.717) is 5.92 Å². The van der Waals surface area contributed by atoms with Crippen molar-refractivity contribution in [3.8, 4) is 0 Å². The minimum Gasteiger partial charge on any atom is -0.303 e. The predicted molar refractivity (Wildman–Crippen MR) is 64.7 cm³/mol. The fraction of sp³-hybridized carbons (Fsp3) is 0.643. The van der Waals surface area contributed by atoms with Gasteiger partial charge in [-0.2, -0.15) is 0 Å². The molecular formula is C14H22O. The van der Waals surface area contributed by atoms with Gasteiger partial charge in [0.05, 0.1) is 0 Å². The Kier molecular flexibility index (Phi) is 3.54. The van der Waals surface area contributed by atoms with Crippen molar-refractivity contribution >= 4 is 6.29 Å². The third-order valence-electron chi connectivity index (χ3n) is 3.34. The number of hydrogen-bond donors (Lipinski definition) is 0. The van der Waals surface area contributed by atoms with Crippen LogP contribution in [0.25, 0.3) is 0 Å². The van der Waals surface area contributed by atoms with Gasteiger partial charge < -0.3 is 4.79 Å². The molecule has 0 aliphatic heterocycles. The summed E-state index contributed by atoms with van der Waals surface area (Å²) in [4.78, 5) is 11.0. The molecule has 0 aromatic carbocycles. The molecule has 0 amide bonds. The minimum absolute atomic E-state index is 0.228. The maximum atomic E-state index is 11.0. The highest BCUT2D eigenvalue weighted by molar-refractivity contribution is 5.59. The van der Waals surface area contributed by atoms with Gasteiger partial charge in [0.1, 0.15) is 6.29 Å². The quantitative estimate of drug-likeness (QED) is 0.503. The van der Waals surface area contributed by atoms with Gasteiger partial charge in [0.2, 0.25) is 0 Å². The number of allylic oxidation sites excluding steroid dienone is 3. The van der Waals surface area contributed by atoms with Gasteiger partial charge in [-0.1, -0.05) is 37.1 Å². The van der Waals surface area contributed by atoms with E-state index in [2.05, 4.69) is 20.4 Å². The van der Waals surface area contributed by atoms with Crippen molar-refractivity contribution in [2.45, 2.75) is 47.0 Å². The van der Waals surface area contributed by atoms with Crippen molar-refractivity contribution in [1.29, 1.82) is 0 Å². The summed E-state index contributed by atoms with van der Waals surface area (Å²) < 4.78 is 0. The van der Waals surface area contributed by atoms with Crippen molar-refractivity contribution in [3.63, 3.8) is 0 Å². The van der Waals surface area contributed by atoms with Crippen LogP contribution in [0.2, 0.25) is 0 Å². The highest BCUT2D eigenvalue weighted by atomic mass is 16.1. The van der Waals surface area contributed by atoms with Gasteiger partial charge in [0, 0.05) is 11.3 Å². The molecule has 0 radical (unpaired) electrons. The van der Waals surface area contributed by atoms with E-state index in [1.807, 2.05) is 13.8 Å². The summed E-state index contributed by atoms with van der Waals surface area (Å²) in [7, 11) is 0. The molecule has 1 nitrogen and oxygen atoms in total. The van der Waals surface area contributed by atoms with Crippen molar-refractivity contribution in [1.82, 2.24) is 0 Å². The Balaban J connectivity index is 2.87. The Labute approximate surface area is 93.3 Å². The molecule has 1 rings (SSSR count). The highest BCUT2D eigenvalue weighted by Gasteiger charge is 2.28. The normalized spacial score (nSPS) is 22.0. The molecule has 0 N–H and O–H groups in total. The lowest BCUT2D eigenvalue weighted by Crippen LogP contribution is -2.16. The zero-order chi connectivity index (χ0) is 11.6. The summed E-state index contributed by atoms with van der Waals surface area (Å²) in [6, 6.07) is 0. The standard InChI is InChI=1S/C14H22O/c1-10(2)12-7-6-11(3)13(12)8-14(4,5)9-15/h9,12H,1,6-8H2,2-5H3. The van der Waals surface area contributed by atoms with Gasteiger partial charge in [-0.15, -0.1) is 0 Å². The number of carbonyl (C=O) groups excluding carboxylic acids is 1. The van der Waals surface area contributed by atoms with E-state index in [1.54, 1.807) is 0 Å². The Morgan fingerprint density at radius 2 is 2.20 bits per heavy atom. The zero-order valence-electron chi connectivity index (χ0n) is 10.4. The molecule has 84 valence electrons. The van der Waals surface area contributed by atoms with Crippen molar-refractivity contribution < 1.29 is 4.79 Å². The van der Waals surface area contributed by atoms with Crippen molar-refractivity contribution in [2.24, 2.45) is 11.3 Å². The van der Waals surface area contributed by atoms with E-state index in [1.165, 1.54) is 29.6 Å². The number of rotatable bonds is 4. The molecule has 0 saturated carbocycles. The van der Waals surface area contributed by atoms with E-state index in [0.717, 1.165) is 12.7 Å². The highest BCUT2D eigenvalue weighted by Crippen LogP contribution is 2.41. The Morgan fingerprint density at radius 1 is 1.60 bits per heavy atom. The van der Waals surface area contributed by atoms with Crippen LogP contribution in [-0.4, -0.2) is 6.29 Å². The molecule has 1 atom stereocenters. The lowest BCUT2D eigenvalue weighted by molar-refractivity contribution is -0.114. The third-order valence-corrected chi connectivity index (χ3v) is 3.34. The zero-order valence-corrected chi connectivity index (χ0v) is 10.4. The molecule has 15 heavy (non-hydrogen) atoms. The molecule has 0 aromatic rings. The van der Waals surface area contributed by atoms with Gasteiger partial charge >= 0.3 is 0 Å². The van der Waals surface area contributed by atoms with Crippen LogP contribution >= 0.6 is 0 Å². The maximum absolute atomic E-state index is 11.0. The second kappa shape index (κ2) is 4.34. The van der Waals surface area contributed by atoms with E-state index >= 15 is 0 Å². The van der Waals surface area contributed by atoms with Crippen LogP contribution in [0.1, 0.15) is 47.0 Å². The molecule has 0 heterocycles. The van der Waals surface area contributed by atoms with E-state index in [9.17, 15) is 4.79 Å². The molecular weight excluding hydrogens is 184 g/mol. The molecule has 1 heteroatoms. The predicted octanol–water partition coefficient (Wildman–Crippen LogP) is 3.90. The fourth-order valence-corrected chi connectivity index (χ4v) is 2.34. The number of aldehydes is 1. The Hall–Kier alpha value is -0.850. The van der Waals surface area contributed by atoms with Crippen LogP contribution in [0, 0.1) is 11.3 Å². The van der Waals surface area contributed by atoms with Gasteiger partial charge in [-0.25, -0.2) is 0 Å². The first-order valence-electron chi connectivity index (χ1n) is 5.67. The summed E-state index contributed by atoms with van der Waals surface area (Å²) in [5, 5.41) is 0. The van der Waals surface area contributed by atoms with E-state index in [4.69, 9.17) is 0 Å². The largest absolute Gasteiger partial charge is 0.303 e. The average Bonchev–Trinajstić information content (AvgIpc) is 2.48. The topological polar surface area (TPSA) is 17.1 Å². The summed E-state index contributed by atoms with van der Waals surface area (Å²) >= 11 is 0. The summed E-state index contributed by atoms with van der Waals surface area (Å²) in [6.45, 7) is 12.4. The number of carbonyl (C=O) groups is 1. The minimum atomic E-state index is -0.228. The monoisotopic (exact) mass is 206 g/mol. The molecule has 1 aliphatic rings. The molecule has 0 aromatic heterocycles. The van der Waals surface area contributed by atoms with Crippen LogP contribution < -0.4 is 0 Å². The van der Waals surface area contributed by atoms with Crippen LogP contribution in [0.3, 0.4) is 0 Å². The van der Waals surface area contributed by atoms with Crippen molar-refractivity contribution in [3.05, 3.63) is 23.3 Å². The number of hydrogen-bond acceptors (Lipinski definition) is 1. The van der Waals surface area contributed by atoms with Crippen LogP contribution in [0.4, 0.5) is 0 Å². The summed E-state index contributed by atoms with van der Waals surface area (Å²) in [5.41, 5.74) is 3.94. The van der Waals surface area contributed by atoms with Crippen LogP contribution in [-0.2, 0) is 4.79 Å². The molecule has 0 spiro atoms. The van der Waals surface area contributed by atoms with Crippen LogP contribution in [0.15, 0.2) is 23.3 Å². The Bertz CT molecular complexity index is 307. The van der Waals surface area contributed by atoms with Gasteiger partial charge in [0.15, 0.2) is 0 Å². The first-order valence-corrected chi connectivity index (χ1v) is 5.67. The summed E-state index contributed by atoms with van der Waals surface area (Å²) in [5.74, 6) is 0.518. The van der Waals surface area contributed by atoms with Gasteiger partial charge in [0.25, 0.3) is 0 Å². The molecule has 0 saturated heterocycles. The fourth-order valence-electron chi connectivity index (χ4n) is 2.34. The van der Waals surface area contributed by atoms with Gasteiger partial charge in [-0.05, 0) is 33.1 Å². The lowest BCUT2D eigenvalue weighted by Gasteiger charge is -2.23. The second-order valence-electron chi connectivity index (χ2n) is 5.53. The molecule has 0 fully saturated rings. The Morgan fingerprint density at radius 3 is 2.67 bits per heavy atom. The van der Waals surface area contributed by atoms with E-state index < -0.39 is 0 Å². The summed E-state index contributed by atoms with van der Waals surface area (Å²) in [6.07, 6.45) is 4.31.